The van der Waals surface area contributed by atoms with Crippen molar-refractivity contribution in [1.82, 2.24) is 4.90 Å². The summed E-state index contributed by atoms with van der Waals surface area (Å²) in [7, 11) is -3.65. The fourth-order valence-electron chi connectivity index (χ4n) is 5.11. The Balaban J connectivity index is 1.97. The second kappa shape index (κ2) is 10.9. The predicted octanol–water partition coefficient (Wildman–Crippen LogP) is 6.20. The van der Waals surface area contributed by atoms with Gasteiger partial charge in [0.2, 0.25) is 0 Å². The summed E-state index contributed by atoms with van der Waals surface area (Å²) in [6, 6.07) is 9.78. The summed E-state index contributed by atoms with van der Waals surface area (Å²) in [6.45, 7) is 6.54. The average Bonchev–Trinajstić information content (AvgIpc) is 3.65. The molecular weight excluding hydrogens is 582 g/mol. The zero-order chi connectivity index (χ0) is 28.9. The summed E-state index contributed by atoms with van der Waals surface area (Å²) >= 11 is 17.5. The van der Waals surface area contributed by atoms with E-state index in [-0.39, 0.29) is 28.1 Å². The zero-order valence-electron chi connectivity index (χ0n) is 22.3. The number of thiocarbonyl (C=S) groups is 1. The average molecular weight is 616 g/mol. The van der Waals surface area contributed by atoms with Crippen LogP contribution in [0.5, 0.6) is 0 Å². The molecule has 1 aliphatic carbocycles. The lowest BCUT2D eigenvalue weighted by atomic mass is 9.85. The first-order chi connectivity index (χ1) is 18.0. The summed E-state index contributed by atoms with van der Waals surface area (Å²) in [5, 5.41) is 0.380. The van der Waals surface area contributed by atoms with Crippen LogP contribution in [0.2, 0.25) is 10.0 Å². The van der Waals surface area contributed by atoms with Crippen LogP contribution in [-0.2, 0) is 19.4 Å². The third kappa shape index (κ3) is 6.27. The molecule has 1 amide bonds. The van der Waals surface area contributed by atoms with Gasteiger partial charge in [-0.3, -0.25) is 4.79 Å². The predicted molar refractivity (Wildman–Crippen MR) is 156 cm³/mol. The number of hydrogen-bond acceptors (Lipinski definition) is 5. The van der Waals surface area contributed by atoms with Gasteiger partial charge in [0, 0.05) is 17.5 Å². The number of carbonyl (C=O) groups is 1. The van der Waals surface area contributed by atoms with Gasteiger partial charge in [-0.2, -0.15) is 0 Å². The number of hydrogen-bond donors (Lipinski definition) is 1. The minimum atomic E-state index is -3.65. The molecule has 1 aliphatic heterocycles. The summed E-state index contributed by atoms with van der Waals surface area (Å²) in [4.78, 5) is 16.1. The molecular formula is C28H33Cl2FN2O4S2. The van der Waals surface area contributed by atoms with Crippen molar-refractivity contribution in [1.29, 1.82) is 0 Å². The van der Waals surface area contributed by atoms with Crippen LogP contribution in [0.1, 0.15) is 70.2 Å². The summed E-state index contributed by atoms with van der Waals surface area (Å²) in [5.41, 5.74) is 5.49. The molecule has 2 N–H and O–H groups in total. The van der Waals surface area contributed by atoms with Crippen LogP contribution in [0.3, 0.4) is 0 Å². The molecule has 11 heteroatoms. The summed E-state index contributed by atoms with van der Waals surface area (Å²) in [5.74, 6) is -1.40. The maximum Gasteiger partial charge on any atom is 0.255 e. The standard InChI is InChI=1S/C28H33Cl2FN2O4S2/c1-27(2,3)39(35,36)15-22(16-8-9-16)33-24(17-10-11-20(30)21(31)13-17)25(18-6-5-7-19(29)12-18)37-28(4,26(33)34)14-23(32)38/h5-7,10-13,16,22,24-25H,8-9,14-15H2,1-4H3,(H2,32,38)/t22-,24-,25-,28+/m1/s1. The largest absolute Gasteiger partial charge is 0.393 e. The van der Waals surface area contributed by atoms with Crippen molar-refractivity contribution in [2.75, 3.05) is 5.75 Å². The molecule has 2 fully saturated rings. The molecule has 0 bridgehead atoms. The lowest BCUT2D eigenvalue weighted by Crippen LogP contribution is -2.62. The molecule has 0 aromatic heterocycles. The van der Waals surface area contributed by atoms with Gasteiger partial charge in [0.05, 0.1) is 26.6 Å². The Labute approximate surface area is 244 Å². The molecule has 1 heterocycles. The van der Waals surface area contributed by atoms with Gasteiger partial charge in [-0.1, -0.05) is 53.6 Å². The highest BCUT2D eigenvalue weighted by molar-refractivity contribution is 7.92. The second-order valence-corrected chi connectivity index (χ2v) is 15.8. The first kappa shape index (κ1) is 30.2. The Morgan fingerprint density at radius 2 is 1.87 bits per heavy atom. The minimum Gasteiger partial charge on any atom is -0.393 e. The Morgan fingerprint density at radius 3 is 2.41 bits per heavy atom. The van der Waals surface area contributed by atoms with Crippen LogP contribution >= 0.6 is 35.4 Å². The van der Waals surface area contributed by atoms with Crippen molar-refractivity contribution >= 4 is 56.2 Å². The van der Waals surface area contributed by atoms with Crippen LogP contribution in [0, 0.1) is 11.7 Å². The van der Waals surface area contributed by atoms with Crippen molar-refractivity contribution < 1.29 is 22.3 Å². The number of morpholine rings is 1. The van der Waals surface area contributed by atoms with E-state index in [1.165, 1.54) is 12.1 Å². The van der Waals surface area contributed by atoms with Crippen LogP contribution in [0.25, 0.3) is 0 Å². The van der Waals surface area contributed by atoms with Crippen molar-refractivity contribution in [3.8, 4) is 0 Å². The summed E-state index contributed by atoms with van der Waals surface area (Å²) < 4.78 is 47.4. The van der Waals surface area contributed by atoms with Gasteiger partial charge >= 0.3 is 0 Å². The third-order valence-corrected chi connectivity index (χ3v) is 10.8. The van der Waals surface area contributed by atoms with Crippen LogP contribution in [-0.4, -0.2) is 46.4 Å². The molecule has 2 aliphatic rings. The van der Waals surface area contributed by atoms with E-state index in [0.29, 0.717) is 16.1 Å². The first-order valence-electron chi connectivity index (χ1n) is 12.8. The highest BCUT2D eigenvalue weighted by Crippen LogP contribution is 2.51. The monoisotopic (exact) mass is 614 g/mol. The van der Waals surface area contributed by atoms with E-state index in [4.69, 9.17) is 45.9 Å². The lowest BCUT2D eigenvalue weighted by Gasteiger charge is -2.52. The van der Waals surface area contributed by atoms with E-state index < -0.39 is 50.1 Å². The number of rotatable bonds is 8. The fourth-order valence-corrected chi connectivity index (χ4v) is 7.09. The van der Waals surface area contributed by atoms with E-state index in [1.807, 2.05) is 6.07 Å². The molecule has 4 atom stereocenters. The molecule has 2 aromatic carbocycles. The normalized spacial score (nSPS) is 25.0. The number of halogens is 3. The third-order valence-electron chi connectivity index (χ3n) is 7.48. The fraction of sp³-hybridized carbons (Fsp3) is 0.500. The zero-order valence-corrected chi connectivity index (χ0v) is 25.4. The van der Waals surface area contributed by atoms with Gasteiger partial charge in [0.1, 0.15) is 11.9 Å². The van der Waals surface area contributed by atoms with Gasteiger partial charge in [-0.05, 0) is 81.8 Å². The minimum absolute atomic E-state index is 0.0436. The first-order valence-corrected chi connectivity index (χ1v) is 15.6. The molecule has 1 saturated carbocycles. The number of amides is 1. The van der Waals surface area contributed by atoms with E-state index in [0.717, 1.165) is 12.8 Å². The highest BCUT2D eigenvalue weighted by Gasteiger charge is 2.56. The van der Waals surface area contributed by atoms with Gasteiger partial charge < -0.3 is 15.4 Å². The van der Waals surface area contributed by atoms with Crippen molar-refractivity contribution in [2.24, 2.45) is 11.7 Å². The van der Waals surface area contributed by atoms with E-state index >= 15 is 0 Å². The summed E-state index contributed by atoms with van der Waals surface area (Å²) in [6.07, 6.45) is 0.648. The number of nitrogens with two attached hydrogens (primary N) is 1. The van der Waals surface area contributed by atoms with E-state index in [9.17, 15) is 17.6 Å². The molecule has 0 spiro atoms. The van der Waals surface area contributed by atoms with Gasteiger partial charge in [0.25, 0.3) is 5.91 Å². The molecule has 39 heavy (non-hydrogen) atoms. The van der Waals surface area contributed by atoms with Crippen LogP contribution in [0.15, 0.2) is 42.5 Å². The van der Waals surface area contributed by atoms with Gasteiger partial charge in [0.15, 0.2) is 15.4 Å². The van der Waals surface area contributed by atoms with Crippen molar-refractivity contribution in [3.63, 3.8) is 0 Å². The van der Waals surface area contributed by atoms with E-state index in [1.54, 1.807) is 56.9 Å². The topological polar surface area (TPSA) is 89.7 Å². The molecule has 0 unspecified atom stereocenters. The van der Waals surface area contributed by atoms with E-state index in [2.05, 4.69) is 0 Å². The van der Waals surface area contributed by atoms with Crippen LogP contribution < -0.4 is 5.73 Å². The smallest absolute Gasteiger partial charge is 0.255 e. The Kier molecular flexibility index (Phi) is 8.43. The molecule has 6 nitrogen and oxygen atoms in total. The molecule has 2 aromatic rings. The highest BCUT2D eigenvalue weighted by atomic mass is 35.5. The molecule has 4 rings (SSSR count). The number of nitrogens with zero attached hydrogens (tertiary/aromatic N) is 1. The Hall–Kier alpha value is -1.78. The molecule has 0 radical (unpaired) electrons. The second-order valence-electron chi connectivity index (χ2n) is 11.6. The Bertz CT molecular complexity index is 1390. The maximum absolute atomic E-state index is 14.8. The van der Waals surface area contributed by atoms with Crippen molar-refractivity contribution in [2.45, 2.75) is 75.5 Å². The number of sulfone groups is 1. The van der Waals surface area contributed by atoms with Gasteiger partial charge in [-0.25, -0.2) is 12.8 Å². The van der Waals surface area contributed by atoms with Crippen LogP contribution in [0.4, 0.5) is 4.39 Å². The molecule has 212 valence electrons. The quantitative estimate of drug-likeness (QED) is 0.356. The van der Waals surface area contributed by atoms with Crippen molar-refractivity contribution in [3.05, 3.63) is 69.5 Å². The van der Waals surface area contributed by atoms with Gasteiger partial charge in [-0.15, -0.1) is 0 Å². The number of carbonyl (C=O) groups excluding carboxylic acids is 1. The Morgan fingerprint density at radius 1 is 1.21 bits per heavy atom. The number of benzene rings is 2. The molecule has 1 saturated heterocycles. The lowest BCUT2D eigenvalue weighted by molar-refractivity contribution is -0.201. The maximum atomic E-state index is 14.8. The SMILES string of the molecule is CC(C)(C)S(=O)(=O)C[C@H](C1CC1)N1C(=O)[C@](C)(CC(N)=S)O[C@H](c2cccc(Cl)c2)[C@H]1c1ccc(Cl)c(F)c1. The number of ether oxygens (including phenoxy) is 1.